The number of oxime groups is 2. The van der Waals surface area contributed by atoms with Crippen molar-refractivity contribution in [1.29, 1.82) is 0 Å². The molecule has 31 heavy (non-hydrogen) atoms. The van der Waals surface area contributed by atoms with Gasteiger partial charge in [-0.05, 0) is 74.2 Å². The maximum Gasteiger partial charge on any atom is 0.124 e. The van der Waals surface area contributed by atoms with Crippen LogP contribution in [-0.2, 0) is 9.68 Å². The Bertz CT molecular complexity index is 960. The average molecular weight is 433 g/mol. The first-order valence-corrected chi connectivity index (χ1v) is 10.5. The lowest BCUT2D eigenvalue weighted by molar-refractivity contribution is 0.231. The summed E-state index contributed by atoms with van der Waals surface area (Å²) in [5, 5.41) is 8.06. The third-order valence-electron chi connectivity index (χ3n) is 4.19. The third-order valence-corrected chi connectivity index (χ3v) is 5.21. The van der Waals surface area contributed by atoms with E-state index in [0.29, 0.717) is 22.9 Å². The molecular formula is C26H28N2O2S. The smallest absolute Gasteiger partial charge is 0.124 e. The summed E-state index contributed by atoms with van der Waals surface area (Å²) in [5.74, 6) is 1.08. The Morgan fingerprint density at radius 3 is 1.23 bits per heavy atom. The molecule has 2 aromatic carbocycles. The molecule has 0 spiro atoms. The Balaban J connectivity index is 2.04. The van der Waals surface area contributed by atoms with Crippen LogP contribution in [0.15, 0.2) is 106 Å². The minimum atomic E-state index is 0.538. The fourth-order valence-electron chi connectivity index (χ4n) is 2.41. The molecule has 0 saturated heterocycles. The van der Waals surface area contributed by atoms with E-state index in [1.54, 1.807) is 25.6 Å². The summed E-state index contributed by atoms with van der Waals surface area (Å²) in [4.78, 5) is 12.5. The van der Waals surface area contributed by atoms with Gasteiger partial charge in [-0.25, -0.2) is 0 Å². The van der Waals surface area contributed by atoms with Crippen molar-refractivity contribution in [2.75, 3.05) is 0 Å². The zero-order valence-corrected chi connectivity index (χ0v) is 19.4. The number of benzene rings is 2. The number of nitrogens with zero attached hydrogens (tertiary/aromatic N) is 2. The minimum Gasteiger partial charge on any atom is -0.362 e. The molecule has 5 heteroatoms. The lowest BCUT2D eigenvalue weighted by Gasteiger charge is -2.09. The molecule has 0 bridgehead atoms. The topological polar surface area (TPSA) is 43.2 Å². The normalized spacial score (nSPS) is 11.6. The highest BCUT2D eigenvalue weighted by atomic mass is 32.2. The van der Waals surface area contributed by atoms with Crippen LogP contribution in [0.4, 0.5) is 0 Å². The van der Waals surface area contributed by atoms with Crippen LogP contribution in [-0.4, -0.2) is 11.4 Å². The highest BCUT2D eigenvalue weighted by molar-refractivity contribution is 7.99. The van der Waals surface area contributed by atoms with E-state index in [1.165, 1.54) is 0 Å². The number of hydrogen-bond acceptors (Lipinski definition) is 5. The van der Waals surface area contributed by atoms with Gasteiger partial charge < -0.3 is 9.68 Å². The molecule has 0 radical (unpaired) electrons. The second-order valence-corrected chi connectivity index (χ2v) is 8.19. The van der Waals surface area contributed by atoms with Crippen molar-refractivity contribution in [1.82, 2.24) is 0 Å². The molecule has 0 saturated carbocycles. The van der Waals surface area contributed by atoms with Gasteiger partial charge in [0.15, 0.2) is 0 Å². The van der Waals surface area contributed by atoms with Gasteiger partial charge >= 0.3 is 0 Å². The van der Waals surface area contributed by atoms with Crippen LogP contribution in [0.25, 0.3) is 11.1 Å². The Labute approximate surface area is 189 Å². The predicted molar refractivity (Wildman–Crippen MR) is 133 cm³/mol. The van der Waals surface area contributed by atoms with E-state index in [2.05, 4.69) is 60.9 Å². The molecule has 0 fully saturated rings. The van der Waals surface area contributed by atoms with Crippen LogP contribution in [0.3, 0.4) is 0 Å². The van der Waals surface area contributed by atoms with Gasteiger partial charge in [0.25, 0.3) is 0 Å². The SMILES string of the molecule is C=C(C)O/N=C(\C)C(=C)c1ccc(Sc2ccc(C(=C)/C(C)=N/OC(=C)C)cc2)cc1. The van der Waals surface area contributed by atoms with E-state index in [-0.39, 0.29) is 0 Å². The molecule has 4 nitrogen and oxygen atoms in total. The van der Waals surface area contributed by atoms with Crippen LogP contribution in [0.5, 0.6) is 0 Å². The molecule has 0 aliphatic carbocycles. The zero-order chi connectivity index (χ0) is 23.0. The molecule has 0 amide bonds. The first kappa shape index (κ1) is 24.0. The van der Waals surface area contributed by atoms with Crippen molar-refractivity contribution in [2.45, 2.75) is 37.5 Å². The molecular weight excluding hydrogens is 404 g/mol. The van der Waals surface area contributed by atoms with Crippen molar-refractivity contribution >= 4 is 34.3 Å². The van der Waals surface area contributed by atoms with Gasteiger partial charge in [-0.1, -0.05) is 72.7 Å². The zero-order valence-electron chi connectivity index (χ0n) is 18.6. The highest BCUT2D eigenvalue weighted by Gasteiger charge is 2.07. The molecule has 0 atom stereocenters. The molecule has 160 valence electrons. The van der Waals surface area contributed by atoms with Gasteiger partial charge in [0.05, 0.1) is 11.4 Å². The molecule has 2 aromatic rings. The highest BCUT2D eigenvalue weighted by Crippen LogP contribution is 2.30. The summed E-state index contributed by atoms with van der Waals surface area (Å²) in [6.07, 6.45) is 0. The summed E-state index contributed by atoms with van der Waals surface area (Å²) in [5.41, 5.74) is 5.05. The number of rotatable bonds is 10. The number of allylic oxidation sites excluding steroid dienone is 4. The molecule has 2 rings (SSSR count). The Kier molecular flexibility index (Phi) is 8.64. The van der Waals surface area contributed by atoms with Gasteiger partial charge in [-0.3, -0.25) is 0 Å². The first-order valence-electron chi connectivity index (χ1n) is 9.69. The molecule has 0 unspecified atom stereocenters. The second kappa shape index (κ2) is 11.2. The van der Waals surface area contributed by atoms with Gasteiger partial charge in [-0.2, -0.15) is 0 Å². The van der Waals surface area contributed by atoms with Crippen molar-refractivity contribution in [3.8, 4) is 0 Å². The molecule has 0 N–H and O–H groups in total. The summed E-state index contributed by atoms with van der Waals surface area (Å²) < 4.78 is 0. The summed E-state index contributed by atoms with van der Waals surface area (Å²) >= 11 is 1.68. The maximum absolute atomic E-state index is 5.12. The Hall–Kier alpha value is -3.31. The van der Waals surface area contributed by atoms with E-state index >= 15 is 0 Å². The standard InChI is InChI=1S/C26H28N2O2S/c1-17(2)29-27-21(7)19(5)23-9-13-25(14-10-23)31-26-15-11-24(12-16-26)20(6)22(8)28-30-18(3)4/h9-16H,1,3,5-6H2,2,4,7-8H3/b27-21+,28-22+. The fraction of sp³-hybridized carbons (Fsp3) is 0.154. The van der Waals surface area contributed by atoms with Crippen LogP contribution >= 0.6 is 11.8 Å². The van der Waals surface area contributed by atoms with Gasteiger partial charge in [-0.15, -0.1) is 0 Å². The van der Waals surface area contributed by atoms with E-state index in [4.69, 9.17) is 9.68 Å². The predicted octanol–water partition coefficient (Wildman–Crippen LogP) is 7.72. The summed E-state index contributed by atoms with van der Waals surface area (Å²) in [6, 6.07) is 16.4. The van der Waals surface area contributed by atoms with Crippen LogP contribution in [0.1, 0.15) is 38.8 Å². The summed E-state index contributed by atoms with van der Waals surface area (Å²) in [6.45, 7) is 22.8. The van der Waals surface area contributed by atoms with Crippen molar-refractivity contribution in [2.24, 2.45) is 10.3 Å². The monoisotopic (exact) mass is 432 g/mol. The lowest BCUT2D eigenvalue weighted by Crippen LogP contribution is -1.97. The minimum absolute atomic E-state index is 0.538. The third kappa shape index (κ3) is 7.46. The van der Waals surface area contributed by atoms with Crippen LogP contribution in [0, 0.1) is 0 Å². The largest absolute Gasteiger partial charge is 0.362 e. The maximum atomic E-state index is 5.12. The van der Waals surface area contributed by atoms with Crippen molar-refractivity contribution in [3.63, 3.8) is 0 Å². The van der Waals surface area contributed by atoms with Crippen molar-refractivity contribution in [3.05, 3.63) is 97.5 Å². The second-order valence-electron chi connectivity index (χ2n) is 7.05. The van der Waals surface area contributed by atoms with Gasteiger partial charge in [0, 0.05) is 9.79 Å². The quantitative estimate of drug-likeness (QED) is 0.219. The van der Waals surface area contributed by atoms with E-state index < -0.39 is 0 Å². The van der Waals surface area contributed by atoms with E-state index in [0.717, 1.165) is 32.1 Å². The van der Waals surface area contributed by atoms with E-state index in [1.807, 2.05) is 38.1 Å². The van der Waals surface area contributed by atoms with Gasteiger partial charge in [0.2, 0.25) is 0 Å². The van der Waals surface area contributed by atoms with Crippen LogP contribution in [0.2, 0.25) is 0 Å². The Morgan fingerprint density at radius 1 is 0.613 bits per heavy atom. The lowest BCUT2D eigenvalue weighted by atomic mass is 10.0. The molecule has 0 heterocycles. The molecule has 0 aromatic heterocycles. The fourth-order valence-corrected chi connectivity index (χ4v) is 3.22. The first-order chi connectivity index (χ1) is 14.7. The summed E-state index contributed by atoms with van der Waals surface area (Å²) in [7, 11) is 0. The van der Waals surface area contributed by atoms with E-state index in [9.17, 15) is 0 Å². The molecule has 0 aliphatic heterocycles. The van der Waals surface area contributed by atoms with Crippen LogP contribution < -0.4 is 0 Å². The number of hydrogen-bond donors (Lipinski definition) is 0. The van der Waals surface area contributed by atoms with Gasteiger partial charge in [0.1, 0.15) is 11.5 Å². The molecule has 0 aliphatic rings. The Morgan fingerprint density at radius 2 is 0.935 bits per heavy atom. The average Bonchev–Trinajstić information content (AvgIpc) is 2.75. The van der Waals surface area contributed by atoms with Crippen molar-refractivity contribution < 1.29 is 9.68 Å².